The zero-order valence-electron chi connectivity index (χ0n) is 9.58. The van der Waals surface area contributed by atoms with Crippen molar-refractivity contribution in [3.63, 3.8) is 0 Å². The SMILES string of the molecule is Cc1nc2c(c(=O)[nH]1)C1CNCC(C2)N1C. The van der Waals surface area contributed by atoms with E-state index in [-0.39, 0.29) is 11.6 Å². The summed E-state index contributed by atoms with van der Waals surface area (Å²) >= 11 is 0. The second-order valence-electron chi connectivity index (χ2n) is 4.71. The molecule has 0 radical (unpaired) electrons. The predicted octanol–water partition coefficient (Wildman–Crippen LogP) is -0.421. The summed E-state index contributed by atoms with van der Waals surface area (Å²) in [6.45, 7) is 3.67. The van der Waals surface area contributed by atoms with Crippen molar-refractivity contribution >= 4 is 0 Å². The lowest BCUT2D eigenvalue weighted by atomic mass is 9.90. The maximum Gasteiger partial charge on any atom is 0.255 e. The van der Waals surface area contributed by atoms with E-state index < -0.39 is 0 Å². The highest BCUT2D eigenvalue weighted by atomic mass is 16.1. The molecule has 0 aliphatic carbocycles. The second kappa shape index (κ2) is 3.40. The average molecular weight is 220 g/mol. The van der Waals surface area contributed by atoms with Gasteiger partial charge in [-0.05, 0) is 14.0 Å². The summed E-state index contributed by atoms with van der Waals surface area (Å²) in [7, 11) is 2.10. The van der Waals surface area contributed by atoms with Crippen molar-refractivity contribution < 1.29 is 0 Å². The van der Waals surface area contributed by atoms with E-state index in [4.69, 9.17) is 0 Å². The molecule has 0 spiro atoms. The first-order valence-corrected chi connectivity index (χ1v) is 5.69. The van der Waals surface area contributed by atoms with E-state index in [9.17, 15) is 4.79 Å². The summed E-state index contributed by atoms with van der Waals surface area (Å²) in [5.74, 6) is 0.722. The van der Waals surface area contributed by atoms with E-state index in [0.29, 0.717) is 6.04 Å². The third-order valence-corrected chi connectivity index (χ3v) is 3.70. The van der Waals surface area contributed by atoms with Gasteiger partial charge in [0.05, 0.1) is 17.3 Å². The molecule has 0 saturated carbocycles. The zero-order chi connectivity index (χ0) is 11.3. The molecular weight excluding hydrogens is 204 g/mol. The van der Waals surface area contributed by atoms with E-state index in [1.165, 1.54) is 0 Å². The number of hydrogen-bond acceptors (Lipinski definition) is 4. The van der Waals surface area contributed by atoms with Crippen LogP contribution in [0.15, 0.2) is 4.79 Å². The number of aryl methyl sites for hydroxylation is 1. The first kappa shape index (κ1) is 9.99. The van der Waals surface area contributed by atoms with E-state index in [2.05, 4.69) is 27.2 Å². The molecule has 2 unspecified atom stereocenters. The Hall–Kier alpha value is -1.20. The Morgan fingerprint density at radius 1 is 1.44 bits per heavy atom. The van der Waals surface area contributed by atoms with Crippen LogP contribution in [0.2, 0.25) is 0 Å². The average Bonchev–Trinajstić information content (AvgIpc) is 2.18. The number of nitrogens with zero attached hydrogens (tertiary/aromatic N) is 2. The van der Waals surface area contributed by atoms with Gasteiger partial charge in [-0.15, -0.1) is 0 Å². The van der Waals surface area contributed by atoms with Crippen LogP contribution in [0.5, 0.6) is 0 Å². The summed E-state index contributed by atoms with van der Waals surface area (Å²) in [6.07, 6.45) is 0.875. The molecule has 1 fully saturated rings. The van der Waals surface area contributed by atoms with Gasteiger partial charge in [0.15, 0.2) is 0 Å². The quantitative estimate of drug-likeness (QED) is 0.623. The molecule has 86 valence electrons. The molecule has 3 heterocycles. The first-order chi connectivity index (χ1) is 7.66. The van der Waals surface area contributed by atoms with Crippen LogP contribution >= 0.6 is 0 Å². The molecule has 2 aliphatic rings. The second-order valence-corrected chi connectivity index (χ2v) is 4.71. The Balaban J connectivity index is 2.18. The van der Waals surface area contributed by atoms with Crippen LogP contribution in [0.3, 0.4) is 0 Å². The smallest absolute Gasteiger partial charge is 0.255 e. The largest absolute Gasteiger partial charge is 0.313 e. The highest BCUT2D eigenvalue weighted by Crippen LogP contribution is 2.29. The van der Waals surface area contributed by atoms with Crippen molar-refractivity contribution in [2.75, 3.05) is 20.1 Å². The van der Waals surface area contributed by atoms with Gasteiger partial charge in [0.2, 0.25) is 0 Å². The number of H-pyrrole nitrogens is 1. The van der Waals surface area contributed by atoms with Crippen LogP contribution in [-0.2, 0) is 6.42 Å². The summed E-state index contributed by atoms with van der Waals surface area (Å²) in [5.41, 5.74) is 1.88. The van der Waals surface area contributed by atoms with E-state index >= 15 is 0 Å². The van der Waals surface area contributed by atoms with Gasteiger partial charge in [0, 0.05) is 25.6 Å². The van der Waals surface area contributed by atoms with Crippen LogP contribution in [-0.4, -0.2) is 41.0 Å². The summed E-state index contributed by atoms with van der Waals surface area (Å²) in [6, 6.07) is 0.652. The van der Waals surface area contributed by atoms with Crippen molar-refractivity contribution in [1.82, 2.24) is 20.2 Å². The highest BCUT2D eigenvalue weighted by Gasteiger charge is 2.37. The topological polar surface area (TPSA) is 61.0 Å². The minimum absolute atomic E-state index is 0.0292. The molecular formula is C11H16N4O. The molecule has 2 aliphatic heterocycles. The van der Waals surface area contributed by atoms with Crippen LogP contribution in [0.4, 0.5) is 0 Å². The fourth-order valence-corrected chi connectivity index (χ4v) is 2.83. The maximum atomic E-state index is 12.0. The van der Waals surface area contributed by atoms with Crippen LogP contribution < -0.4 is 10.9 Å². The molecule has 2 N–H and O–H groups in total. The van der Waals surface area contributed by atoms with Gasteiger partial charge in [-0.1, -0.05) is 0 Å². The first-order valence-electron chi connectivity index (χ1n) is 5.69. The standard InChI is InChI=1S/C11H16N4O/c1-6-13-8-3-7-4-12-5-9(15(7)2)10(8)11(16)14-6/h7,9,12H,3-5H2,1-2H3,(H,13,14,16). The van der Waals surface area contributed by atoms with Crippen molar-refractivity contribution in [3.8, 4) is 0 Å². The number of aromatic amines is 1. The highest BCUT2D eigenvalue weighted by molar-refractivity contribution is 5.28. The fourth-order valence-electron chi connectivity index (χ4n) is 2.83. The summed E-state index contributed by atoms with van der Waals surface area (Å²) in [4.78, 5) is 21.6. The van der Waals surface area contributed by atoms with Gasteiger partial charge in [0.25, 0.3) is 5.56 Å². The number of piperazine rings is 1. The van der Waals surface area contributed by atoms with Crippen LogP contribution in [0, 0.1) is 6.92 Å². The Bertz CT molecular complexity index is 481. The molecule has 2 atom stereocenters. The molecule has 1 saturated heterocycles. The number of nitrogens with one attached hydrogen (secondary N) is 2. The lowest BCUT2D eigenvalue weighted by molar-refractivity contribution is 0.111. The third-order valence-electron chi connectivity index (χ3n) is 3.70. The monoisotopic (exact) mass is 220 g/mol. The van der Waals surface area contributed by atoms with Crippen LogP contribution in [0.25, 0.3) is 0 Å². The maximum absolute atomic E-state index is 12.0. The van der Waals surface area contributed by atoms with Gasteiger partial charge in [-0.3, -0.25) is 9.69 Å². The summed E-state index contributed by atoms with van der Waals surface area (Å²) < 4.78 is 0. The van der Waals surface area contributed by atoms with Crippen molar-refractivity contribution in [1.29, 1.82) is 0 Å². The lowest BCUT2D eigenvalue weighted by Crippen LogP contribution is -2.56. The number of aromatic nitrogens is 2. The normalized spacial score (nSPS) is 28.9. The van der Waals surface area contributed by atoms with E-state index in [1.807, 2.05) is 6.92 Å². The molecule has 0 aromatic carbocycles. The zero-order valence-corrected chi connectivity index (χ0v) is 9.58. The molecule has 2 bridgehead atoms. The Labute approximate surface area is 93.9 Å². The van der Waals surface area contributed by atoms with E-state index in [0.717, 1.165) is 36.6 Å². The molecule has 5 heteroatoms. The van der Waals surface area contributed by atoms with Gasteiger partial charge < -0.3 is 10.3 Å². The Morgan fingerprint density at radius 3 is 3.06 bits per heavy atom. The van der Waals surface area contributed by atoms with Crippen LogP contribution in [0.1, 0.15) is 23.1 Å². The number of hydrogen-bond donors (Lipinski definition) is 2. The molecule has 3 rings (SSSR count). The molecule has 0 amide bonds. The van der Waals surface area contributed by atoms with Crippen molar-refractivity contribution in [2.24, 2.45) is 0 Å². The minimum Gasteiger partial charge on any atom is -0.313 e. The minimum atomic E-state index is 0.0292. The molecule has 1 aromatic heterocycles. The molecule has 1 aromatic rings. The van der Waals surface area contributed by atoms with Gasteiger partial charge >= 0.3 is 0 Å². The Kier molecular flexibility index (Phi) is 2.12. The van der Waals surface area contributed by atoms with Gasteiger partial charge in [-0.25, -0.2) is 4.98 Å². The van der Waals surface area contributed by atoms with Gasteiger partial charge in [0.1, 0.15) is 5.82 Å². The van der Waals surface area contributed by atoms with Gasteiger partial charge in [-0.2, -0.15) is 0 Å². The third kappa shape index (κ3) is 1.32. The Morgan fingerprint density at radius 2 is 2.25 bits per heavy atom. The number of likely N-dealkylation sites (N-methyl/N-ethyl adjacent to an activating group) is 1. The predicted molar refractivity (Wildman–Crippen MR) is 60.5 cm³/mol. The lowest BCUT2D eigenvalue weighted by Gasteiger charge is -2.44. The van der Waals surface area contributed by atoms with Crippen molar-refractivity contribution in [3.05, 3.63) is 27.4 Å². The fraction of sp³-hybridized carbons (Fsp3) is 0.636. The summed E-state index contributed by atoms with van der Waals surface area (Å²) in [5, 5.41) is 3.38. The molecule has 16 heavy (non-hydrogen) atoms. The van der Waals surface area contributed by atoms with Crippen molar-refractivity contribution in [2.45, 2.75) is 25.4 Å². The number of rotatable bonds is 0. The molecule has 5 nitrogen and oxygen atoms in total. The van der Waals surface area contributed by atoms with E-state index in [1.54, 1.807) is 0 Å². The number of fused-ring (bicyclic) bond motifs is 4.